The maximum Gasteiger partial charge on any atom is 0.416 e. The predicted molar refractivity (Wildman–Crippen MR) is 66.7 cm³/mol. The molecule has 0 atom stereocenters. The molecule has 0 bridgehead atoms. The minimum atomic E-state index is -4.32. The number of nitrogens with one attached hydrogen (secondary N) is 1. The highest BCUT2D eigenvalue weighted by molar-refractivity contribution is 5.53. The SMILES string of the molecule is Cc1ccc(C(F)(F)F)cc1NCc1ccn(C)n1. The van der Waals surface area contributed by atoms with Gasteiger partial charge in [-0.3, -0.25) is 4.68 Å². The Bertz CT molecular complexity index is 573. The first-order chi connectivity index (χ1) is 8.86. The molecule has 0 aliphatic heterocycles. The molecule has 0 saturated heterocycles. The molecule has 0 spiro atoms. The number of alkyl halides is 3. The third kappa shape index (κ3) is 3.27. The van der Waals surface area contributed by atoms with Crippen LogP contribution in [-0.2, 0) is 19.8 Å². The van der Waals surface area contributed by atoms with E-state index in [1.165, 1.54) is 6.07 Å². The van der Waals surface area contributed by atoms with Crippen LogP contribution in [-0.4, -0.2) is 9.78 Å². The Labute approximate surface area is 109 Å². The summed E-state index contributed by atoms with van der Waals surface area (Å²) in [6, 6.07) is 5.49. The van der Waals surface area contributed by atoms with Crippen LogP contribution in [0.1, 0.15) is 16.8 Å². The summed E-state index contributed by atoms with van der Waals surface area (Å²) >= 11 is 0. The Morgan fingerprint density at radius 1 is 1.26 bits per heavy atom. The molecule has 1 aromatic carbocycles. The average Bonchev–Trinajstić information content (AvgIpc) is 2.72. The van der Waals surface area contributed by atoms with Gasteiger partial charge in [-0.05, 0) is 30.7 Å². The summed E-state index contributed by atoms with van der Waals surface area (Å²) in [5, 5.41) is 7.14. The second-order valence-corrected chi connectivity index (χ2v) is 4.36. The lowest BCUT2D eigenvalue weighted by atomic mass is 10.1. The van der Waals surface area contributed by atoms with E-state index in [4.69, 9.17) is 0 Å². The first kappa shape index (κ1) is 13.5. The van der Waals surface area contributed by atoms with Gasteiger partial charge in [0.2, 0.25) is 0 Å². The van der Waals surface area contributed by atoms with Gasteiger partial charge < -0.3 is 5.32 Å². The Balaban J connectivity index is 2.15. The highest BCUT2D eigenvalue weighted by Gasteiger charge is 2.30. The number of aryl methyl sites for hydroxylation is 2. The predicted octanol–water partition coefficient (Wildman–Crippen LogP) is 3.36. The van der Waals surface area contributed by atoms with E-state index in [0.717, 1.165) is 23.4 Å². The molecule has 6 heteroatoms. The number of benzene rings is 1. The van der Waals surface area contributed by atoms with Crippen LogP contribution in [0, 0.1) is 6.92 Å². The van der Waals surface area contributed by atoms with Crippen LogP contribution >= 0.6 is 0 Å². The van der Waals surface area contributed by atoms with Crippen molar-refractivity contribution in [3.05, 3.63) is 47.3 Å². The zero-order chi connectivity index (χ0) is 14.0. The molecular formula is C13H14F3N3. The Hall–Kier alpha value is -1.98. The normalized spacial score (nSPS) is 11.6. The van der Waals surface area contributed by atoms with Crippen LogP contribution in [0.3, 0.4) is 0 Å². The van der Waals surface area contributed by atoms with Crippen LogP contribution in [0.5, 0.6) is 0 Å². The lowest BCUT2D eigenvalue weighted by Crippen LogP contribution is -2.08. The molecule has 0 amide bonds. The fourth-order valence-corrected chi connectivity index (χ4v) is 1.73. The van der Waals surface area contributed by atoms with E-state index in [1.807, 2.05) is 6.07 Å². The first-order valence-corrected chi connectivity index (χ1v) is 5.76. The van der Waals surface area contributed by atoms with E-state index in [0.29, 0.717) is 12.2 Å². The Kier molecular flexibility index (Phi) is 3.50. The van der Waals surface area contributed by atoms with Crippen molar-refractivity contribution >= 4 is 5.69 Å². The van der Waals surface area contributed by atoms with Crippen molar-refractivity contribution in [1.29, 1.82) is 0 Å². The molecule has 1 N–H and O–H groups in total. The maximum absolute atomic E-state index is 12.6. The molecule has 2 aromatic rings. The van der Waals surface area contributed by atoms with Gasteiger partial charge in [0, 0.05) is 18.9 Å². The third-order valence-electron chi connectivity index (χ3n) is 2.79. The molecular weight excluding hydrogens is 255 g/mol. The van der Waals surface area contributed by atoms with Crippen molar-refractivity contribution < 1.29 is 13.2 Å². The van der Waals surface area contributed by atoms with Crippen molar-refractivity contribution in [3.8, 4) is 0 Å². The van der Waals surface area contributed by atoms with E-state index in [9.17, 15) is 13.2 Å². The van der Waals surface area contributed by atoms with E-state index >= 15 is 0 Å². The van der Waals surface area contributed by atoms with E-state index in [2.05, 4.69) is 10.4 Å². The van der Waals surface area contributed by atoms with Crippen LogP contribution in [0.25, 0.3) is 0 Å². The molecule has 0 saturated carbocycles. The van der Waals surface area contributed by atoms with Crippen LogP contribution in [0.2, 0.25) is 0 Å². The number of rotatable bonds is 3. The minimum Gasteiger partial charge on any atom is -0.379 e. The number of nitrogens with zero attached hydrogens (tertiary/aromatic N) is 2. The Morgan fingerprint density at radius 3 is 2.58 bits per heavy atom. The largest absolute Gasteiger partial charge is 0.416 e. The molecule has 0 fully saturated rings. The molecule has 0 aliphatic rings. The standard InChI is InChI=1S/C13H14F3N3/c1-9-3-4-10(13(14,15)16)7-12(9)17-8-11-5-6-19(2)18-11/h3-7,17H,8H2,1-2H3. The Morgan fingerprint density at radius 2 is 2.00 bits per heavy atom. The summed E-state index contributed by atoms with van der Waals surface area (Å²) in [5.74, 6) is 0. The molecule has 0 unspecified atom stereocenters. The topological polar surface area (TPSA) is 29.9 Å². The first-order valence-electron chi connectivity index (χ1n) is 5.76. The molecule has 0 aliphatic carbocycles. The average molecular weight is 269 g/mol. The summed E-state index contributed by atoms with van der Waals surface area (Å²) in [7, 11) is 1.79. The summed E-state index contributed by atoms with van der Waals surface area (Å²) in [5.41, 5.74) is 1.37. The quantitative estimate of drug-likeness (QED) is 0.926. The van der Waals surface area contributed by atoms with Crippen molar-refractivity contribution in [2.24, 2.45) is 7.05 Å². The maximum atomic E-state index is 12.6. The van der Waals surface area contributed by atoms with Gasteiger partial charge in [0.25, 0.3) is 0 Å². The van der Waals surface area contributed by atoms with E-state index in [-0.39, 0.29) is 0 Å². The molecule has 1 heterocycles. The number of hydrogen-bond acceptors (Lipinski definition) is 2. The van der Waals surface area contributed by atoms with Crippen molar-refractivity contribution in [1.82, 2.24) is 9.78 Å². The lowest BCUT2D eigenvalue weighted by Gasteiger charge is -2.12. The fourth-order valence-electron chi connectivity index (χ4n) is 1.73. The minimum absolute atomic E-state index is 0.392. The van der Waals surface area contributed by atoms with E-state index < -0.39 is 11.7 Å². The summed E-state index contributed by atoms with van der Waals surface area (Å²) in [6.45, 7) is 2.16. The van der Waals surface area contributed by atoms with Gasteiger partial charge in [-0.1, -0.05) is 6.07 Å². The number of halogens is 3. The van der Waals surface area contributed by atoms with Gasteiger partial charge in [0.05, 0.1) is 17.8 Å². The van der Waals surface area contributed by atoms with Gasteiger partial charge in [-0.15, -0.1) is 0 Å². The molecule has 19 heavy (non-hydrogen) atoms. The van der Waals surface area contributed by atoms with E-state index in [1.54, 1.807) is 24.9 Å². The number of aromatic nitrogens is 2. The van der Waals surface area contributed by atoms with Gasteiger partial charge in [0.15, 0.2) is 0 Å². The second-order valence-electron chi connectivity index (χ2n) is 4.36. The highest BCUT2D eigenvalue weighted by atomic mass is 19.4. The molecule has 3 nitrogen and oxygen atoms in total. The highest BCUT2D eigenvalue weighted by Crippen LogP contribution is 2.32. The molecule has 1 aromatic heterocycles. The second kappa shape index (κ2) is 4.95. The van der Waals surface area contributed by atoms with Crippen molar-refractivity contribution in [2.45, 2.75) is 19.6 Å². The van der Waals surface area contributed by atoms with Gasteiger partial charge >= 0.3 is 6.18 Å². The van der Waals surface area contributed by atoms with Crippen molar-refractivity contribution in [3.63, 3.8) is 0 Å². The zero-order valence-electron chi connectivity index (χ0n) is 10.6. The summed E-state index contributed by atoms with van der Waals surface area (Å²) in [6.07, 6.45) is -2.54. The monoisotopic (exact) mass is 269 g/mol. The van der Waals surface area contributed by atoms with Crippen LogP contribution in [0.4, 0.5) is 18.9 Å². The van der Waals surface area contributed by atoms with Gasteiger partial charge in [0.1, 0.15) is 0 Å². The van der Waals surface area contributed by atoms with Crippen molar-refractivity contribution in [2.75, 3.05) is 5.32 Å². The molecule has 102 valence electrons. The number of hydrogen-bond donors (Lipinski definition) is 1. The fraction of sp³-hybridized carbons (Fsp3) is 0.308. The van der Waals surface area contributed by atoms with Gasteiger partial charge in [-0.2, -0.15) is 18.3 Å². The molecule has 2 rings (SSSR count). The molecule has 0 radical (unpaired) electrons. The smallest absolute Gasteiger partial charge is 0.379 e. The summed E-state index contributed by atoms with van der Waals surface area (Å²) < 4.78 is 39.5. The van der Waals surface area contributed by atoms with Gasteiger partial charge in [-0.25, -0.2) is 0 Å². The lowest BCUT2D eigenvalue weighted by molar-refractivity contribution is -0.137. The van der Waals surface area contributed by atoms with Crippen LogP contribution in [0.15, 0.2) is 30.5 Å². The third-order valence-corrected chi connectivity index (χ3v) is 2.79. The zero-order valence-corrected chi connectivity index (χ0v) is 10.6. The van der Waals surface area contributed by atoms with Crippen LogP contribution < -0.4 is 5.32 Å². The number of anilines is 1. The summed E-state index contributed by atoms with van der Waals surface area (Å²) in [4.78, 5) is 0.